The Morgan fingerprint density at radius 1 is 1.43 bits per heavy atom. The molecule has 0 bridgehead atoms. The minimum atomic E-state index is -0.466. The zero-order valence-corrected chi connectivity index (χ0v) is 13.6. The third kappa shape index (κ3) is 3.03. The lowest BCUT2D eigenvalue weighted by Crippen LogP contribution is -2.51. The summed E-state index contributed by atoms with van der Waals surface area (Å²) in [4.78, 5) is 25.9. The molecule has 124 valence electrons. The summed E-state index contributed by atoms with van der Waals surface area (Å²) in [6, 6.07) is 5.33. The molecule has 0 saturated heterocycles. The van der Waals surface area contributed by atoms with E-state index in [1.807, 2.05) is 6.92 Å². The van der Waals surface area contributed by atoms with Crippen molar-refractivity contribution in [3.8, 4) is 5.75 Å². The molecular formula is C17H23N3O3. The fourth-order valence-electron chi connectivity index (χ4n) is 3.37. The number of nitrogens with two attached hydrogens (primary N) is 1. The summed E-state index contributed by atoms with van der Waals surface area (Å²) in [6.45, 7) is 1.99. The van der Waals surface area contributed by atoms with Crippen LogP contribution in [-0.2, 0) is 9.59 Å². The average molecular weight is 317 g/mol. The SMILES string of the molecule is CN1C(=O)COc2ccc(NC(=O)C3CCCCC3(C)N)cc21. The highest BCUT2D eigenvalue weighted by atomic mass is 16.5. The van der Waals surface area contributed by atoms with E-state index in [2.05, 4.69) is 5.32 Å². The summed E-state index contributed by atoms with van der Waals surface area (Å²) < 4.78 is 5.39. The van der Waals surface area contributed by atoms with Crippen molar-refractivity contribution in [2.45, 2.75) is 38.1 Å². The van der Waals surface area contributed by atoms with Gasteiger partial charge in [0.1, 0.15) is 5.75 Å². The van der Waals surface area contributed by atoms with E-state index in [0.717, 1.165) is 25.7 Å². The number of hydrogen-bond acceptors (Lipinski definition) is 4. The minimum absolute atomic E-state index is 0.0445. The maximum atomic E-state index is 12.6. The lowest BCUT2D eigenvalue weighted by molar-refractivity contribution is -0.123. The highest BCUT2D eigenvalue weighted by Crippen LogP contribution is 2.35. The van der Waals surface area contributed by atoms with E-state index in [1.54, 1.807) is 30.1 Å². The number of likely N-dealkylation sites (N-methyl/N-ethyl adjacent to an activating group) is 1. The van der Waals surface area contributed by atoms with Crippen LogP contribution in [0.3, 0.4) is 0 Å². The van der Waals surface area contributed by atoms with E-state index in [4.69, 9.17) is 10.5 Å². The van der Waals surface area contributed by atoms with Crippen LogP contribution in [-0.4, -0.2) is 31.0 Å². The number of benzene rings is 1. The van der Waals surface area contributed by atoms with Crippen LogP contribution in [0, 0.1) is 5.92 Å². The van der Waals surface area contributed by atoms with Gasteiger partial charge in [-0.05, 0) is 38.0 Å². The molecule has 2 unspecified atom stereocenters. The van der Waals surface area contributed by atoms with E-state index in [9.17, 15) is 9.59 Å². The number of fused-ring (bicyclic) bond motifs is 1. The van der Waals surface area contributed by atoms with Gasteiger partial charge in [0.2, 0.25) is 5.91 Å². The van der Waals surface area contributed by atoms with E-state index < -0.39 is 5.54 Å². The monoisotopic (exact) mass is 317 g/mol. The number of ether oxygens (including phenoxy) is 1. The van der Waals surface area contributed by atoms with Crippen molar-refractivity contribution in [3.05, 3.63) is 18.2 Å². The van der Waals surface area contributed by atoms with Crippen LogP contribution in [0.15, 0.2) is 18.2 Å². The second kappa shape index (κ2) is 5.85. The largest absolute Gasteiger partial charge is 0.482 e. The van der Waals surface area contributed by atoms with Gasteiger partial charge in [-0.2, -0.15) is 0 Å². The summed E-state index contributed by atoms with van der Waals surface area (Å²) in [6.07, 6.45) is 3.77. The molecule has 1 fully saturated rings. The van der Waals surface area contributed by atoms with Gasteiger partial charge in [0.25, 0.3) is 5.91 Å². The maximum absolute atomic E-state index is 12.6. The van der Waals surface area contributed by atoms with Gasteiger partial charge in [-0.25, -0.2) is 0 Å². The lowest BCUT2D eigenvalue weighted by Gasteiger charge is -2.37. The van der Waals surface area contributed by atoms with Crippen LogP contribution in [0.2, 0.25) is 0 Å². The van der Waals surface area contributed by atoms with Crippen LogP contribution < -0.4 is 20.7 Å². The fourth-order valence-corrected chi connectivity index (χ4v) is 3.37. The van der Waals surface area contributed by atoms with Crippen molar-refractivity contribution in [2.75, 3.05) is 23.9 Å². The number of carbonyl (C=O) groups is 2. The van der Waals surface area contributed by atoms with Crippen LogP contribution in [0.1, 0.15) is 32.6 Å². The molecule has 1 aliphatic carbocycles. The van der Waals surface area contributed by atoms with Gasteiger partial charge in [0.05, 0.1) is 11.6 Å². The summed E-state index contributed by atoms with van der Waals surface area (Å²) in [7, 11) is 1.70. The second-order valence-electron chi connectivity index (χ2n) is 6.72. The van der Waals surface area contributed by atoms with Gasteiger partial charge in [-0.15, -0.1) is 0 Å². The van der Waals surface area contributed by atoms with Gasteiger partial charge in [0.15, 0.2) is 6.61 Å². The van der Waals surface area contributed by atoms with Crippen molar-refractivity contribution in [3.63, 3.8) is 0 Å². The molecule has 2 amide bonds. The first-order valence-electron chi connectivity index (χ1n) is 8.01. The highest BCUT2D eigenvalue weighted by Gasteiger charge is 2.37. The Kier molecular flexibility index (Phi) is 4.02. The molecule has 1 saturated carbocycles. The topological polar surface area (TPSA) is 84.7 Å². The van der Waals surface area contributed by atoms with E-state index in [1.165, 1.54) is 0 Å². The molecule has 0 aromatic heterocycles. The van der Waals surface area contributed by atoms with Gasteiger partial charge in [-0.1, -0.05) is 12.8 Å². The first kappa shape index (κ1) is 15.8. The Morgan fingerprint density at radius 3 is 2.96 bits per heavy atom. The fraction of sp³-hybridized carbons (Fsp3) is 0.529. The van der Waals surface area contributed by atoms with Gasteiger partial charge in [0, 0.05) is 18.3 Å². The molecule has 3 N–H and O–H groups in total. The maximum Gasteiger partial charge on any atom is 0.264 e. The average Bonchev–Trinajstić information content (AvgIpc) is 2.51. The predicted octanol–water partition coefficient (Wildman–Crippen LogP) is 1.89. The molecule has 0 spiro atoms. The highest BCUT2D eigenvalue weighted by molar-refractivity contribution is 5.99. The van der Waals surface area contributed by atoms with Crippen molar-refractivity contribution in [1.29, 1.82) is 0 Å². The zero-order valence-electron chi connectivity index (χ0n) is 13.6. The van der Waals surface area contributed by atoms with Gasteiger partial charge in [-0.3, -0.25) is 9.59 Å². The molecule has 2 atom stereocenters. The van der Waals surface area contributed by atoms with E-state index >= 15 is 0 Å². The number of carbonyl (C=O) groups excluding carboxylic acids is 2. The lowest BCUT2D eigenvalue weighted by atomic mass is 9.74. The molecule has 1 heterocycles. The molecule has 6 nitrogen and oxygen atoms in total. The summed E-state index contributed by atoms with van der Waals surface area (Å²) in [5, 5.41) is 2.94. The zero-order chi connectivity index (χ0) is 16.6. The van der Waals surface area contributed by atoms with E-state index in [0.29, 0.717) is 17.1 Å². The third-order valence-corrected chi connectivity index (χ3v) is 4.88. The van der Waals surface area contributed by atoms with Crippen molar-refractivity contribution < 1.29 is 14.3 Å². The Hall–Kier alpha value is -2.08. The molecule has 2 aliphatic rings. The van der Waals surface area contributed by atoms with Gasteiger partial charge < -0.3 is 20.7 Å². The number of nitrogens with one attached hydrogen (secondary N) is 1. The molecular weight excluding hydrogens is 294 g/mol. The number of anilines is 2. The smallest absolute Gasteiger partial charge is 0.264 e. The molecule has 6 heteroatoms. The standard InChI is InChI=1S/C17H23N3O3/c1-17(18)8-4-3-5-12(17)16(22)19-11-6-7-14-13(9-11)20(2)15(21)10-23-14/h6-7,9,12H,3-5,8,10,18H2,1-2H3,(H,19,22). The molecule has 0 radical (unpaired) electrons. The number of amides is 2. The molecule has 1 aromatic carbocycles. The second-order valence-corrected chi connectivity index (χ2v) is 6.72. The summed E-state index contributed by atoms with van der Waals surface area (Å²) in [5.41, 5.74) is 7.15. The Labute approximate surface area is 136 Å². The minimum Gasteiger partial charge on any atom is -0.482 e. The molecule has 3 rings (SSSR count). The number of rotatable bonds is 2. The van der Waals surface area contributed by atoms with Crippen molar-refractivity contribution in [1.82, 2.24) is 0 Å². The molecule has 1 aromatic rings. The van der Waals surface area contributed by atoms with Gasteiger partial charge >= 0.3 is 0 Å². The van der Waals surface area contributed by atoms with Crippen molar-refractivity contribution >= 4 is 23.2 Å². The summed E-state index contributed by atoms with van der Waals surface area (Å²) >= 11 is 0. The van der Waals surface area contributed by atoms with Crippen LogP contribution in [0.5, 0.6) is 5.75 Å². The Morgan fingerprint density at radius 2 is 2.22 bits per heavy atom. The first-order chi connectivity index (χ1) is 10.9. The first-order valence-corrected chi connectivity index (χ1v) is 8.01. The molecule has 1 aliphatic heterocycles. The number of nitrogens with zero attached hydrogens (tertiary/aromatic N) is 1. The van der Waals surface area contributed by atoms with Crippen LogP contribution in [0.25, 0.3) is 0 Å². The predicted molar refractivity (Wildman–Crippen MR) is 88.5 cm³/mol. The molecule has 23 heavy (non-hydrogen) atoms. The normalized spacial score (nSPS) is 27.2. The van der Waals surface area contributed by atoms with Crippen molar-refractivity contribution in [2.24, 2.45) is 11.7 Å². The van der Waals surface area contributed by atoms with E-state index in [-0.39, 0.29) is 24.3 Å². The Bertz CT molecular complexity index is 642. The quantitative estimate of drug-likeness (QED) is 0.872. The van der Waals surface area contributed by atoms with Crippen LogP contribution in [0.4, 0.5) is 11.4 Å². The Balaban J connectivity index is 1.78. The third-order valence-electron chi connectivity index (χ3n) is 4.88. The number of hydrogen-bond donors (Lipinski definition) is 2. The summed E-state index contributed by atoms with van der Waals surface area (Å²) in [5.74, 6) is 0.289. The van der Waals surface area contributed by atoms with Crippen LogP contribution >= 0.6 is 0 Å².